The van der Waals surface area contributed by atoms with Gasteiger partial charge >= 0.3 is 0 Å². The van der Waals surface area contributed by atoms with Crippen LogP contribution in [0.5, 0.6) is 5.75 Å². The largest absolute Gasteiger partial charge is 0.490 e. The summed E-state index contributed by atoms with van der Waals surface area (Å²) in [6.45, 7) is 0. The van der Waals surface area contributed by atoms with Gasteiger partial charge in [-0.25, -0.2) is 9.97 Å². The number of aromatic nitrogens is 2. The van der Waals surface area contributed by atoms with Crippen molar-refractivity contribution in [3.63, 3.8) is 0 Å². The van der Waals surface area contributed by atoms with Crippen molar-refractivity contribution in [3.05, 3.63) is 34.6 Å². The van der Waals surface area contributed by atoms with Gasteiger partial charge in [0.2, 0.25) is 0 Å². The number of hydrogen-bond donors (Lipinski definition) is 1. The van der Waals surface area contributed by atoms with Crippen LogP contribution in [0.15, 0.2) is 34.4 Å². The van der Waals surface area contributed by atoms with Crippen LogP contribution in [0.4, 0.5) is 5.82 Å². The van der Waals surface area contributed by atoms with Gasteiger partial charge in [-0.15, -0.1) is 0 Å². The lowest BCUT2D eigenvalue weighted by molar-refractivity contribution is 0.400. The maximum absolute atomic E-state index is 5.99. The molecule has 0 atom stereocenters. The molecule has 1 heterocycles. The van der Waals surface area contributed by atoms with E-state index in [9.17, 15) is 0 Å². The number of methoxy groups -OCH3 is 1. The Kier molecular flexibility index (Phi) is 4.74. The summed E-state index contributed by atoms with van der Waals surface area (Å²) in [5, 5.41) is 4.70. The number of ether oxygens (including phenoxy) is 1. The Morgan fingerprint density at radius 1 is 1.21 bits per heavy atom. The molecule has 19 heavy (non-hydrogen) atoms. The number of hydrogen-bond acceptors (Lipinski definition) is 5. The minimum absolute atomic E-state index is 0.508. The zero-order valence-electron chi connectivity index (χ0n) is 10.3. The fourth-order valence-corrected chi connectivity index (χ4v) is 2.72. The minimum Gasteiger partial charge on any atom is -0.490 e. The number of anilines is 1. The van der Waals surface area contributed by atoms with Crippen molar-refractivity contribution in [2.75, 3.05) is 19.5 Å². The highest BCUT2D eigenvalue weighted by atomic mass is 35.5. The maximum Gasteiger partial charge on any atom is 0.194 e. The van der Waals surface area contributed by atoms with Crippen LogP contribution in [-0.2, 0) is 0 Å². The molecule has 1 aromatic carbocycles. The fourth-order valence-electron chi connectivity index (χ4n) is 1.44. The predicted octanol–water partition coefficient (Wildman–Crippen LogP) is 3.98. The topological polar surface area (TPSA) is 47.0 Å². The monoisotopic (exact) mass is 315 g/mol. The lowest BCUT2D eigenvalue weighted by Crippen LogP contribution is -1.99. The van der Waals surface area contributed by atoms with E-state index < -0.39 is 0 Å². The fraction of sp³-hybridized carbons (Fsp3) is 0.167. The van der Waals surface area contributed by atoms with Crippen molar-refractivity contribution in [3.8, 4) is 5.75 Å². The van der Waals surface area contributed by atoms with Crippen LogP contribution < -0.4 is 10.1 Å². The first kappa shape index (κ1) is 14.2. The molecule has 4 nitrogen and oxygen atoms in total. The molecule has 1 aromatic heterocycles. The third kappa shape index (κ3) is 3.23. The van der Waals surface area contributed by atoms with Gasteiger partial charge in [0.1, 0.15) is 11.4 Å². The number of rotatable bonds is 4. The van der Waals surface area contributed by atoms with Gasteiger partial charge in [0.25, 0.3) is 0 Å². The molecule has 2 aromatic rings. The summed E-state index contributed by atoms with van der Waals surface area (Å²) < 4.78 is 5.33. The summed E-state index contributed by atoms with van der Waals surface area (Å²) in [5.74, 6) is 1.24. The third-order valence-corrected chi connectivity index (χ3v) is 4.03. The second-order valence-corrected chi connectivity index (χ2v) is 5.37. The van der Waals surface area contributed by atoms with Crippen LogP contribution in [0.25, 0.3) is 0 Å². The Balaban J connectivity index is 2.35. The average Bonchev–Trinajstić information content (AvgIpc) is 2.42. The molecule has 0 bridgehead atoms. The third-order valence-electron chi connectivity index (χ3n) is 2.32. The Labute approximate surface area is 125 Å². The molecule has 7 heteroatoms. The molecule has 100 valence electrons. The first-order chi connectivity index (χ1) is 9.15. The molecule has 0 radical (unpaired) electrons. The number of benzene rings is 1. The summed E-state index contributed by atoms with van der Waals surface area (Å²) >= 11 is 13.3. The van der Waals surface area contributed by atoms with Crippen molar-refractivity contribution in [1.82, 2.24) is 9.97 Å². The van der Waals surface area contributed by atoms with Gasteiger partial charge in [0.15, 0.2) is 11.6 Å². The summed E-state index contributed by atoms with van der Waals surface area (Å²) in [7, 11) is 3.36. The first-order valence-electron chi connectivity index (χ1n) is 5.35. The van der Waals surface area contributed by atoms with E-state index in [0.717, 1.165) is 4.90 Å². The second kappa shape index (κ2) is 6.32. The summed E-state index contributed by atoms with van der Waals surface area (Å²) in [6, 6.07) is 5.41. The molecular weight excluding hydrogens is 305 g/mol. The van der Waals surface area contributed by atoms with E-state index in [1.54, 1.807) is 26.3 Å². The van der Waals surface area contributed by atoms with Crippen molar-refractivity contribution in [1.29, 1.82) is 0 Å². The van der Waals surface area contributed by atoms with Crippen LogP contribution in [0.1, 0.15) is 0 Å². The highest BCUT2D eigenvalue weighted by Gasteiger charge is 2.13. The van der Waals surface area contributed by atoms with Crippen molar-refractivity contribution >= 4 is 40.8 Å². The van der Waals surface area contributed by atoms with Crippen LogP contribution in [0.2, 0.25) is 10.0 Å². The van der Waals surface area contributed by atoms with E-state index in [2.05, 4.69) is 15.3 Å². The molecule has 0 unspecified atom stereocenters. The molecule has 0 aliphatic carbocycles. The number of nitrogens with zero attached hydrogens (tertiary/aromatic N) is 2. The Bertz CT molecular complexity index is 595. The molecule has 0 aliphatic rings. The van der Waals surface area contributed by atoms with Crippen molar-refractivity contribution in [2.24, 2.45) is 0 Å². The lowest BCUT2D eigenvalue weighted by atomic mass is 10.4. The predicted molar refractivity (Wildman–Crippen MR) is 78.7 cm³/mol. The Morgan fingerprint density at radius 3 is 2.63 bits per heavy atom. The zero-order valence-corrected chi connectivity index (χ0v) is 12.6. The maximum atomic E-state index is 5.99. The van der Waals surface area contributed by atoms with E-state index in [1.165, 1.54) is 18.1 Å². The molecule has 0 saturated heterocycles. The van der Waals surface area contributed by atoms with E-state index in [-0.39, 0.29) is 0 Å². The normalized spacial score (nSPS) is 10.3. The highest BCUT2D eigenvalue weighted by Crippen LogP contribution is 2.38. The average molecular weight is 316 g/mol. The molecule has 0 fully saturated rings. The first-order valence-corrected chi connectivity index (χ1v) is 6.92. The molecule has 0 aliphatic heterocycles. The van der Waals surface area contributed by atoms with Gasteiger partial charge < -0.3 is 10.1 Å². The van der Waals surface area contributed by atoms with E-state index in [4.69, 9.17) is 27.9 Å². The quantitative estimate of drug-likeness (QED) is 0.864. The van der Waals surface area contributed by atoms with Crippen LogP contribution in [-0.4, -0.2) is 24.1 Å². The van der Waals surface area contributed by atoms with Gasteiger partial charge in [-0.2, -0.15) is 0 Å². The summed E-state index contributed by atoms with van der Waals surface area (Å²) in [4.78, 5) is 9.24. The Hall–Kier alpha value is -1.17. The Morgan fingerprint density at radius 2 is 2.00 bits per heavy atom. The standard InChI is InChI=1S/C12H11Cl2N3OS/c1-15-11-10(18-2)12(17-6-16-11)19-7-3-4-8(13)9(14)5-7/h3-6H,1-2H3,(H,15,16,17). The van der Waals surface area contributed by atoms with Crippen molar-refractivity contribution in [2.45, 2.75) is 9.92 Å². The molecule has 0 spiro atoms. The smallest absolute Gasteiger partial charge is 0.194 e. The van der Waals surface area contributed by atoms with E-state index in [1.807, 2.05) is 6.07 Å². The van der Waals surface area contributed by atoms with E-state index in [0.29, 0.717) is 26.6 Å². The number of halogens is 2. The molecule has 0 saturated carbocycles. The molecule has 2 rings (SSSR count). The van der Waals surface area contributed by atoms with Crippen LogP contribution >= 0.6 is 35.0 Å². The second-order valence-electron chi connectivity index (χ2n) is 3.49. The number of nitrogens with one attached hydrogen (secondary N) is 1. The summed E-state index contributed by atoms with van der Waals surface area (Å²) in [6.07, 6.45) is 1.48. The van der Waals surface area contributed by atoms with Gasteiger partial charge in [-0.05, 0) is 18.2 Å². The SMILES string of the molecule is CNc1ncnc(Sc2ccc(Cl)c(Cl)c2)c1OC. The zero-order chi connectivity index (χ0) is 13.8. The molecule has 1 N–H and O–H groups in total. The minimum atomic E-state index is 0.508. The van der Waals surface area contributed by atoms with Gasteiger partial charge in [-0.1, -0.05) is 35.0 Å². The van der Waals surface area contributed by atoms with Crippen molar-refractivity contribution < 1.29 is 4.74 Å². The van der Waals surface area contributed by atoms with E-state index >= 15 is 0 Å². The van der Waals surface area contributed by atoms with Gasteiger partial charge in [0, 0.05) is 11.9 Å². The van der Waals surface area contributed by atoms with Gasteiger partial charge in [0.05, 0.1) is 17.2 Å². The van der Waals surface area contributed by atoms with Gasteiger partial charge in [-0.3, -0.25) is 0 Å². The molecular formula is C12H11Cl2N3OS. The summed E-state index contributed by atoms with van der Waals surface area (Å²) in [5.41, 5.74) is 0. The lowest BCUT2D eigenvalue weighted by Gasteiger charge is -2.10. The van der Waals surface area contributed by atoms with Crippen LogP contribution in [0.3, 0.4) is 0 Å². The van der Waals surface area contributed by atoms with Crippen LogP contribution in [0, 0.1) is 0 Å². The molecule has 0 amide bonds. The highest BCUT2D eigenvalue weighted by molar-refractivity contribution is 7.99.